The Hall–Kier alpha value is -1.88. The van der Waals surface area contributed by atoms with E-state index in [0.717, 1.165) is 5.56 Å². The number of benzene rings is 1. The molecule has 0 aliphatic carbocycles. The van der Waals surface area contributed by atoms with Crippen LogP contribution in [0, 0.1) is 6.92 Å². The number of nitrogens with one attached hydrogen (secondary N) is 1. The molecule has 17 heavy (non-hydrogen) atoms. The Kier molecular flexibility index (Phi) is 4.66. The molecule has 1 rings (SSSR count). The van der Waals surface area contributed by atoms with E-state index in [-0.39, 0.29) is 11.5 Å². The van der Waals surface area contributed by atoms with Gasteiger partial charge in [0.15, 0.2) is 0 Å². The SMILES string of the molecule is Cc1ccc(NC(=O)CCCN)c(C(=O)O)c1. The Morgan fingerprint density at radius 3 is 2.71 bits per heavy atom. The summed E-state index contributed by atoms with van der Waals surface area (Å²) in [7, 11) is 0. The second-order valence-electron chi connectivity index (χ2n) is 3.79. The normalized spacial score (nSPS) is 10.0. The molecule has 5 heteroatoms. The fraction of sp³-hybridized carbons (Fsp3) is 0.333. The number of hydrogen-bond donors (Lipinski definition) is 3. The lowest BCUT2D eigenvalue weighted by atomic mass is 10.1. The summed E-state index contributed by atoms with van der Waals surface area (Å²) in [6, 6.07) is 4.88. The first-order valence-electron chi connectivity index (χ1n) is 5.38. The lowest BCUT2D eigenvalue weighted by Crippen LogP contribution is -2.15. The molecule has 0 aromatic heterocycles. The Balaban J connectivity index is 2.83. The Labute approximate surface area is 99.6 Å². The van der Waals surface area contributed by atoms with Gasteiger partial charge in [0.1, 0.15) is 0 Å². The monoisotopic (exact) mass is 236 g/mol. The summed E-state index contributed by atoms with van der Waals surface area (Å²) in [5.41, 5.74) is 6.56. The molecule has 0 saturated carbocycles. The van der Waals surface area contributed by atoms with Gasteiger partial charge in [-0.1, -0.05) is 11.6 Å². The summed E-state index contributed by atoms with van der Waals surface area (Å²) in [4.78, 5) is 22.5. The van der Waals surface area contributed by atoms with Crippen molar-refractivity contribution in [2.75, 3.05) is 11.9 Å². The summed E-state index contributed by atoms with van der Waals surface area (Å²) >= 11 is 0. The van der Waals surface area contributed by atoms with Gasteiger partial charge in [-0.05, 0) is 32.0 Å². The van der Waals surface area contributed by atoms with E-state index < -0.39 is 5.97 Å². The number of aryl methyl sites for hydroxylation is 1. The number of amides is 1. The highest BCUT2D eigenvalue weighted by Crippen LogP contribution is 2.17. The van der Waals surface area contributed by atoms with Gasteiger partial charge in [0.25, 0.3) is 0 Å². The average Bonchev–Trinajstić information content (AvgIpc) is 2.28. The van der Waals surface area contributed by atoms with Crippen molar-refractivity contribution in [3.8, 4) is 0 Å². The van der Waals surface area contributed by atoms with Crippen LogP contribution in [0.5, 0.6) is 0 Å². The first-order chi connectivity index (χ1) is 8.04. The number of carboxylic acid groups (broad SMARTS) is 1. The van der Waals surface area contributed by atoms with Crippen molar-refractivity contribution in [1.82, 2.24) is 0 Å². The molecule has 0 bridgehead atoms. The van der Waals surface area contributed by atoms with Crippen molar-refractivity contribution >= 4 is 17.6 Å². The van der Waals surface area contributed by atoms with Gasteiger partial charge in [-0.25, -0.2) is 4.79 Å². The molecule has 1 aromatic rings. The number of rotatable bonds is 5. The van der Waals surface area contributed by atoms with Crippen molar-refractivity contribution in [3.63, 3.8) is 0 Å². The van der Waals surface area contributed by atoms with Crippen LogP contribution in [0.4, 0.5) is 5.69 Å². The fourth-order valence-electron chi connectivity index (χ4n) is 1.42. The van der Waals surface area contributed by atoms with Crippen LogP contribution in [-0.4, -0.2) is 23.5 Å². The van der Waals surface area contributed by atoms with Crippen LogP contribution in [0.3, 0.4) is 0 Å². The molecular formula is C12H16N2O3. The number of aromatic carboxylic acids is 1. The van der Waals surface area contributed by atoms with Gasteiger partial charge in [0, 0.05) is 6.42 Å². The molecule has 1 amide bonds. The zero-order chi connectivity index (χ0) is 12.8. The highest BCUT2D eigenvalue weighted by Gasteiger charge is 2.12. The molecule has 0 saturated heterocycles. The number of hydrogen-bond acceptors (Lipinski definition) is 3. The molecule has 0 atom stereocenters. The molecule has 5 nitrogen and oxygen atoms in total. The average molecular weight is 236 g/mol. The van der Waals surface area contributed by atoms with E-state index >= 15 is 0 Å². The van der Waals surface area contributed by atoms with Gasteiger partial charge in [0.05, 0.1) is 11.3 Å². The van der Waals surface area contributed by atoms with Gasteiger partial charge < -0.3 is 16.2 Å². The van der Waals surface area contributed by atoms with E-state index in [4.69, 9.17) is 10.8 Å². The van der Waals surface area contributed by atoms with Gasteiger partial charge in [0.2, 0.25) is 5.91 Å². The van der Waals surface area contributed by atoms with E-state index in [1.807, 2.05) is 0 Å². The van der Waals surface area contributed by atoms with E-state index in [1.165, 1.54) is 6.07 Å². The minimum Gasteiger partial charge on any atom is -0.478 e. The van der Waals surface area contributed by atoms with Gasteiger partial charge in [-0.3, -0.25) is 4.79 Å². The Bertz CT molecular complexity index is 430. The minimum atomic E-state index is -1.05. The standard InChI is InChI=1S/C12H16N2O3/c1-8-4-5-10(9(7-8)12(16)17)14-11(15)3-2-6-13/h4-5,7H,2-3,6,13H2,1H3,(H,14,15)(H,16,17). The van der Waals surface area contributed by atoms with Gasteiger partial charge >= 0.3 is 5.97 Å². The maximum atomic E-state index is 11.5. The van der Waals surface area contributed by atoms with Crippen LogP contribution >= 0.6 is 0 Å². The van der Waals surface area contributed by atoms with Crippen molar-refractivity contribution in [2.24, 2.45) is 5.73 Å². The predicted octanol–water partition coefficient (Wildman–Crippen LogP) is 1.37. The number of anilines is 1. The Morgan fingerprint density at radius 2 is 2.12 bits per heavy atom. The molecule has 0 fully saturated rings. The van der Waals surface area contributed by atoms with Crippen LogP contribution in [0.25, 0.3) is 0 Å². The number of carboxylic acids is 1. The quantitative estimate of drug-likeness (QED) is 0.719. The second-order valence-corrected chi connectivity index (χ2v) is 3.79. The molecule has 0 aliphatic rings. The molecule has 0 spiro atoms. The highest BCUT2D eigenvalue weighted by molar-refractivity contribution is 6.00. The first-order valence-corrected chi connectivity index (χ1v) is 5.38. The third-order valence-electron chi connectivity index (χ3n) is 2.29. The topological polar surface area (TPSA) is 92.4 Å². The Morgan fingerprint density at radius 1 is 1.41 bits per heavy atom. The number of carbonyl (C=O) groups is 2. The third-order valence-corrected chi connectivity index (χ3v) is 2.29. The predicted molar refractivity (Wildman–Crippen MR) is 65.1 cm³/mol. The maximum Gasteiger partial charge on any atom is 0.337 e. The van der Waals surface area contributed by atoms with Crippen LogP contribution < -0.4 is 11.1 Å². The van der Waals surface area contributed by atoms with E-state index in [1.54, 1.807) is 19.1 Å². The summed E-state index contributed by atoms with van der Waals surface area (Å²) < 4.78 is 0. The third kappa shape index (κ3) is 3.88. The molecule has 92 valence electrons. The molecule has 0 radical (unpaired) electrons. The molecule has 0 heterocycles. The number of nitrogens with two attached hydrogens (primary N) is 1. The molecule has 0 unspecified atom stereocenters. The van der Waals surface area contributed by atoms with Crippen LogP contribution in [0.15, 0.2) is 18.2 Å². The first kappa shape index (κ1) is 13.2. The van der Waals surface area contributed by atoms with Crippen molar-refractivity contribution in [2.45, 2.75) is 19.8 Å². The largest absolute Gasteiger partial charge is 0.478 e. The molecule has 1 aromatic carbocycles. The van der Waals surface area contributed by atoms with E-state index in [0.29, 0.717) is 25.1 Å². The van der Waals surface area contributed by atoms with Crippen LogP contribution in [-0.2, 0) is 4.79 Å². The van der Waals surface area contributed by atoms with Crippen molar-refractivity contribution in [1.29, 1.82) is 0 Å². The smallest absolute Gasteiger partial charge is 0.337 e. The zero-order valence-corrected chi connectivity index (χ0v) is 9.69. The highest BCUT2D eigenvalue weighted by atomic mass is 16.4. The molecule has 0 aliphatic heterocycles. The maximum absolute atomic E-state index is 11.5. The summed E-state index contributed by atoms with van der Waals surface area (Å²) in [6.45, 7) is 2.24. The lowest BCUT2D eigenvalue weighted by Gasteiger charge is -2.08. The van der Waals surface area contributed by atoms with Gasteiger partial charge in [-0.2, -0.15) is 0 Å². The van der Waals surface area contributed by atoms with Crippen molar-refractivity contribution < 1.29 is 14.7 Å². The summed E-state index contributed by atoms with van der Waals surface area (Å²) in [5, 5.41) is 11.6. The second kappa shape index (κ2) is 6.00. The zero-order valence-electron chi connectivity index (χ0n) is 9.69. The minimum absolute atomic E-state index is 0.103. The van der Waals surface area contributed by atoms with Gasteiger partial charge in [-0.15, -0.1) is 0 Å². The van der Waals surface area contributed by atoms with Crippen molar-refractivity contribution in [3.05, 3.63) is 29.3 Å². The summed E-state index contributed by atoms with van der Waals surface area (Å²) in [5.74, 6) is -1.27. The van der Waals surface area contributed by atoms with E-state index in [2.05, 4.69) is 5.32 Å². The molecule has 4 N–H and O–H groups in total. The van der Waals surface area contributed by atoms with Crippen LogP contribution in [0.1, 0.15) is 28.8 Å². The fourth-order valence-corrected chi connectivity index (χ4v) is 1.42. The molecular weight excluding hydrogens is 220 g/mol. The van der Waals surface area contributed by atoms with Crippen LogP contribution in [0.2, 0.25) is 0 Å². The lowest BCUT2D eigenvalue weighted by molar-refractivity contribution is -0.116. The van der Waals surface area contributed by atoms with E-state index in [9.17, 15) is 9.59 Å². The summed E-state index contributed by atoms with van der Waals surface area (Å²) in [6.07, 6.45) is 0.879. The number of carbonyl (C=O) groups excluding carboxylic acids is 1.